The van der Waals surface area contributed by atoms with Crippen LogP contribution in [0.15, 0.2) is 48.5 Å². The molecule has 0 fully saturated rings. The van der Waals surface area contributed by atoms with E-state index < -0.39 is 6.04 Å². The van der Waals surface area contributed by atoms with Crippen molar-refractivity contribution in [2.75, 3.05) is 0 Å². The van der Waals surface area contributed by atoms with Crippen molar-refractivity contribution in [2.24, 2.45) is 0 Å². The van der Waals surface area contributed by atoms with Crippen LogP contribution in [0.2, 0.25) is 10.0 Å². The van der Waals surface area contributed by atoms with E-state index in [4.69, 9.17) is 23.2 Å². The largest absolute Gasteiger partial charge is 0.352 e. The molecule has 0 aliphatic heterocycles. The molecule has 0 aromatic heterocycles. The molecule has 4 nitrogen and oxygen atoms in total. The molecule has 2 amide bonds. The van der Waals surface area contributed by atoms with E-state index >= 15 is 0 Å². The molecule has 6 heteroatoms. The number of rotatable bonds is 7. The van der Waals surface area contributed by atoms with Crippen molar-refractivity contribution >= 4 is 35.0 Å². The van der Waals surface area contributed by atoms with Gasteiger partial charge in [0.05, 0.1) is 6.42 Å². The molecule has 27 heavy (non-hydrogen) atoms. The smallest absolute Gasteiger partial charge is 0.242 e. The van der Waals surface area contributed by atoms with Gasteiger partial charge in [0.25, 0.3) is 0 Å². The Balaban J connectivity index is 2.24. The Morgan fingerprint density at radius 1 is 1.04 bits per heavy atom. The Bertz CT molecular complexity index is 794. The van der Waals surface area contributed by atoms with Crippen LogP contribution in [-0.2, 0) is 22.6 Å². The van der Waals surface area contributed by atoms with Crippen LogP contribution in [0.25, 0.3) is 0 Å². The number of carbonyl (C=O) groups is 2. The van der Waals surface area contributed by atoms with Crippen LogP contribution in [0, 0.1) is 0 Å². The molecule has 144 valence electrons. The summed E-state index contributed by atoms with van der Waals surface area (Å²) in [5.74, 6) is -0.356. The van der Waals surface area contributed by atoms with Crippen molar-refractivity contribution in [3.63, 3.8) is 0 Å². The fraction of sp³-hybridized carbons (Fsp3) is 0.333. The van der Waals surface area contributed by atoms with Gasteiger partial charge < -0.3 is 10.2 Å². The Labute approximate surface area is 170 Å². The average Bonchev–Trinajstić information content (AvgIpc) is 2.61. The lowest BCUT2D eigenvalue weighted by atomic mass is 10.1. The average molecular weight is 407 g/mol. The van der Waals surface area contributed by atoms with E-state index in [0.717, 1.165) is 5.56 Å². The highest BCUT2D eigenvalue weighted by atomic mass is 35.5. The van der Waals surface area contributed by atoms with Crippen molar-refractivity contribution in [1.82, 2.24) is 10.2 Å². The third kappa shape index (κ3) is 6.26. The third-order valence-corrected chi connectivity index (χ3v) is 4.74. The van der Waals surface area contributed by atoms with Crippen LogP contribution in [0.1, 0.15) is 31.9 Å². The number of nitrogens with zero attached hydrogens (tertiary/aromatic N) is 1. The second-order valence-corrected chi connectivity index (χ2v) is 7.60. The highest BCUT2D eigenvalue weighted by Gasteiger charge is 2.26. The summed E-state index contributed by atoms with van der Waals surface area (Å²) in [7, 11) is 0. The van der Waals surface area contributed by atoms with E-state index in [2.05, 4.69) is 5.32 Å². The second kappa shape index (κ2) is 9.77. The van der Waals surface area contributed by atoms with Gasteiger partial charge >= 0.3 is 0 Å². The van der Waals surface area contributed by atoms with Gasteiger partial charge in [-0.15, -0.1) is 0 Å². The van der Waals surface area contributed by atoms with Gasteiger partial charge in [-0.25, -0.2) is 0 Å². The van der Waals surface area contributed by atoms with Crippen LogP contribution in [0.5, 0.6) is 0 Å². The highest BCUT2D eigenvalue weighted by Crippen LogP contribution is 2.22. The summed E-state index contributed by atoms with van der Waals surface area (Å²) in [6.07, 6.45) is 0.0993. The van der Waals surface area contributed by atoms with Crippen LogP contribution in [0.3, 0.4) is 0 Å². The lowest BCUT2D eigenvalue weighted by Gasteiger charge is -2.29. The standard InChI is InChI=1S/C21H24Cl2N2O2/c1-14(2)24-21(27)15(3)25(13-16-7-5-4-6-8-16)20(26)11-17-9-10-18(22)12-19(17)23/h4-10,12,14-15H,11,13H2,1-3H3,(H,24,27). The first-order chi connectivity index (χ1) is 12.8. The number of carbonyl (C=O) groups excluding carboxylic acids is 2. The molecule has 0 heterocycles. The van der Waals surface area contributed by atoms with Crippen LogP contribution < -0.4 is 5.32 Å². The number of amides is 2. The van der Waals surface area contributed by atoms with Crippen LogP contribution >= 0.6 is 23.2 Å². The summed E-state index contributed by atoms with van der Waals surface area (Å²) in [4.78, 5) is 27.1. The van der Waals surface area contributed by atoms with E-state index in [1.165, 1.54) is 0 Å². The zero-order valence-electron chi connectivity index (χ0n) is 15.7. The minimum atomic E-state index is -0.605. The summed E-state index contributed by atoms with van der Waals surface area (Å²) >= 11 is 12.1. The first-order valence-corrected chi connectivity index (χ1v) is 9.61. The maximum atomic E-state index is 13.0. The molecule has 2 rings (SSSR count). The second-order valence-electron chi connectivity index (χ2n) is 6.76. The predicted octanol–water partition coefficient (Wildman–Crippen LogP) is 4.48. The zero-order chi connectivity index (χ0) is 20.0. The number of nitrogens with one attached hydrogen (secondary N) is 1. The van der Waals surface area contributed by atoms with Gasteiger partial charge in [-0.2, -0.15) is 0 Å². The summed E-state index contributed by atoms with van der Waals surface area (Å²) in [5.41, 5.74) is 1.64. The fourth-order valence-corrected chi connectivity index (χ4v) is 3.17. The molecule has 0 spiro atoms. The molecular weight excluding hydrogens is 383 g/mol. The van der Waals surface area contributed by atoms with Gasteiger partial charge in [0.1, 0.15) is 6.04 Å². The molecule has 2 aromatic carbocycles. The molecule has 2 aromatic rings. The van der Waals surface area contributed by atoms with E-state index in [0.29, 0.717) is 22.2 Å². The minimum absolute atomic E-state index is 0.000614. The summed E-state index contributed by atoms with van der Waals surface area (Å²) < 4.78 is 0. The maximum absolute atomic E-state index is 13.0. The Morgan fingerprint density at radius 2 is 1.70 bits per heavy atom. The molecule has 0 saturated heterocycles. The monoisotopic (exact) mass is 406 g/mol. The molecule has 0 bridgehead atoms. The van der Waals surface area contributed by atoms with Crippen molar-refractivity contribution in [1.29, 1.82) is 0 Å². The van der Waals surface area contributed by atoms with Gasteiger partial charge in [0.2, 0.25) is 11.8 Å². The van der Waals surface area contributed by atoms with Crippen molar-refractivity contribution in [2.45, 2.75) is 45.8 Å². The van der Waals surface area contributed by atoms with E-state index in [-0.39, 0.29) is 24.3 Å². The highest BCUT2D eigenvalue weighted by molar-refractivity contribution is 6.35. The van der Waals surface area contributed by atoms with Crippen LogP contribution in [0.4, 0.5) is 0 Å². The normalized spacial score (nSPS) is 11.9. The number of hydrogen-bond donors (Lipinski definition) is 1. The first kappa shape index (κ1) is 21.3. The van der Waals surface area contributed by atoms with Gasteiger partial charge in [0.15, 0.2) is 0 Å². The lowest BCUT2D eigenvalue weighted by Crippen LogP contribution is -2.49. The minimum Gasteiger partial charge on any atom is -0.352 e. The first-order valence-electron chi connectivity index (χ1n) is 8.85. The third-order valence-electron chi connectivity index (χ3n) is 4.15. The molecule has 0 aliphatic carbocycles. The molecular formula is C21H24Cl2N2O2. The Morgan fingerprint density at radius 3 is 2.30 bits per heavy atom. The van der Waals surface area contributed by atoms with Crippen molar-refractivity contribution in [3.8, 4) is 0 Å². The summed E-state index contributed by atoms with van der Waals surface area (Å²) in [6.45, 7) is 5.86. The van der Waals surface area contributed by atoms with Gasteiger partial charge in [0, 0.05) is 22.6 Å². The molecule has 1 N–H and O–H groups in total. The molecule has 1 unspecified atom stereocenters. The topological polar surface area (TPSA) is 49.4 Å². The number of halogens is 2. The fourth-order valence-electron chi connectivity index (χ4n) is 2.70. The predicted molar refractivity (Wildman–Crippen MR) is 110 cm³/mol. The molecule has 0 radical (unpaired) electrons. The number of benzene rings is 2. The Kier molecular flexibility index (Phi) is 7.69. The van der Waals surface area contributed by atoms with Gasteiger partial charge in [-0.1, -0.05) is 59.6 Å². The quantitative estimate of drug-likeness (QED) is 0.736. The van der Waals surface area contributed by atoms with E-state index in [9.17, 15) is 9.59 Å². The number of hydrogen-bond acceptors (Lipinski definition) is 2. The molecule has 0 saturated carbocycles. The van der Waals surface area contributed by atoms with Crippen molar-refractivity contribution in [3.05, 3.63) is 69.7 Å². The maximum Gasteiger partial charge on any atom is 0.242 e. The summed E-state index contributed by atoms with van der Waals surface area (Å²) in [6, 6.07) is 14.0. The zero-order valence-corrected chi connectivity index (χ0v) is 17.2. The SMILES string of the molecule is CC(C)NC(=O)C(C)N(Cc1ccccc1)C(=O)Cc1ccc(Cl)cc1Cl. The van der Waals surface area contributed by atoms with E-state index in [1.54, 1.807) is 30.0 Å². The van der Waals surface area contributed by atoms with E-state index in [1.807, 2.05) is 44.2 Å². The van der Waals surface area contributed by atoms with Gasteiger partial charge in [-0.05, 0) is 44.0 Å². The lowest BCUT2D eigenvalue weighted by molar-refractivity contribution is -0.140. The summed E-state index contributed by atoms with van der Waals surface area (Å²) in [5, 5.41) is 3.83. The molecule has 1 atom stereocenters. The van der Waals surface area contributed by atoms with Gasteiger partial charge in [-0.3, -0.25) is 9.59 Å². The van der Waals surface area contributed by atoms with Crippen molar-refractivity contribution < 1.29 is 9.59 Å². The Hall–Kier alpha value is -2.04. The van der Waals surface area contributed by atoms with Crippen LogP contribution in [-0.4, -0.2) is 28.8 Å². The molecule has 0 aliphatic rings.